The Hall–Kier alpha value is -2.52. The van der Waals surface area contributed by atoms with Gasteiger partial charge in [-0.05, 0) is 6.07 Å². The van der Waals surface area contributed by atoms with Crippen LogP contribution in [-0.2, 0) is 9.53 Å². The lowest BCUT2D eigenvalue weighted by Gasteiger charge is -2.09. The summed E-state index contributed by atoms with van der Waals surface area (Å²) in [5.74, 6) is -0.285. The summed E-state index contributed by atoms with van der Waals surface area (Å²) in [6, 6.07) is 3.36. The number of ether oxygens (including phenoxy) is 1. The van der Waals surface area contributed by atoms with E-state index in [4.69, 9.17) is 10.5 Å². The van der Waals surface area contributed by atoms with Crippen LogP contribution in [0.1, 0.15) is 0 Å². The largest absolute Gasteiger partial charge is 0.383 e. The number of H-pyrrole nitrogens is 1. The number of anilines is 1. The fraction of sp³-hybridized carbons (Fsp3) is 0.273. The lowest BCUT2D eigenvalue weighted by atomic mass is 10.2. The predicted molar refractivity (Wildman–Crippen MR) is 71.2 cm³/mol. The molecule has 2 rings (SSSR count). The molecule has 0 saturated carbocycles. The lowest BCUT2D eigenvalue weighted by molar-refractivity contribution is -0.384. The third-order valence-electron chi connectivity index (χ3n) is 2.68. The highest BCUT2D eigenvalue weighted by Gasteiger charge is 2.17. The van der Waals surface area contributed by atoms with Crippen LogP contribution in [0.3, 0.4) is 0 Å². The second-order valence-corrected chi connectivity index (χ2v) is 4.11. The maximum absolute atomic E-state index is 11.8. The Kier molecular flexibility index (Phi) is 3.91. The number of carbonyl (C=O) groups excluding carboxylic acids is 1. The zero-order chi connectivity index (χ0) is 14.7. The first-order chi connectivity index (χ1) is 9.52. The summed E-state index contributed by atoms with van der Waals surface area (Å²) in [5, 5.41) is 20.3. The molecule has 4 N–H and O–H groups in total. The molecule has 0 spiro atoms. The number of methoxy groups -OCH3 is 1. The van der Waals surface area contributed by atoms with Gasteiger partial charge in [0.25, 0.3) is 5.69 Å². The van der Waals surface area contributed by atoms with Crippen molar-refractivity contribution in [1.82, 2.24) is 10.2 Å². The van der Waals surface area contributed by atoms with Crippen LogP contribution in [0.4, 0.5) is 11.5 Å². The third-order valence-corrected chi connectivity index (χ3v) is 2.68. The number of carbonyl (C=O) groups is 1. The molecule has 0 aliphatic carbocycles. The maximum Gasteiger partial charge on any atom is 0.270 e. The molecule has 0 radical (unpaired) electrons. The van der Waals surface area contributed by atoms with Crippen molar-refractivity contribution in [1.29, 1.82) is 0 Å². The highest BCUT2D eigenvalue weighted by atomic mass is 16.6. The number of nitro groups is 1. The molecule has 106 valence electrons. The monoisotopic (exact) mass is 279 g/mol. The molecular weight excluding hydrogens is 266 g/mol. The number of amides is 1. The number of benzene rings is 1. The molecule has 1 unspecified atom stereocenters. The molecule has 1 aromatic heterocycles. The number of nitrogens with zero attached hydrogens (tertiary/aromatic N) is 2. The van der Waals surface area contributed by atoms with Crippen molar-refractivity contribution >= 4 is 28.3 Å². The Bertz CT molecular complexity index is 653. The number of hydrogen-bond donors (Lipinski definition) is 3. The highest BCUT2D eigenvalue weighted by molar-refractivity contribution is 6.02. The van der Waals surface area contributed by atoms with E-state index in [0.717, 1.165) is 0 Å². The zero-order valence-corrected chi connectivity index (χ0v) is 10.6. The molecule has 0 aliphatic heterocycles. The maximum atomic E-state index is 11.8. The third kappa shape index (κ3) is 2.73. The van der Waals surface area contributed by atoms with Crippen LogP contribution in [-0.4, -0.2) is 40.8 Å². The Morgan fingerprint density at radius 2 is 2.40 bits per heavy atom. The fourth-order valence-corrected chi connectivity index (χ4v) is 1.68. The smallest absolute Gasteiger partial charge is 0.270 e. The van der Waals surface area contributed by atoms with Gasteiger partial charge in [-0.15, -0.1) is 0 Å². The van der Waals surface area contributed by atoms with E-state index in [1.165, 1.54) is 25.3 Å². The summed E-state index contributed by atoms with van der Waals surface area (Å²) >= 11 is 0. The number of fused-ring (bicyclic) bond motifs is 1. The molecule has 0 saturated heterocycles. The lowest BCUT2D eigenvalue weighted by Crippen LogP contribution is -2.39. The van der Waals surface area contributed by atoms with Gasteiger partial charge in [-0.25, -0.2) is 0 Å². The van der Waals surface area contributed by atoms with Crippen molar-refractivity contribution in [3.8, 4) is 0 Å². The second-order valence-electron chi connectivity index (χ2n) is 4.11. The summed E-state index contributed by atoms with van der Waals surface area (Å²) in [4.78, 5) is 22.0. The van der Waals surface area contributed by atoms with Crippen molar-refractivity contribution in [2.75, 3.05) is 19.0 Å². The van der Waals surface area contributed by atoms with E-state index in [2.05, 4.69) is 15.5 Å². The molecule has 2 aromatic rings. The van der Waals surface area contributed by atoms with Crippen LogP contribution >= 0.6 is 0 Å². The topological polar surface area (TPSA) is 136 Å². The van der Waals surface area contributed by atoms with E-state index < -0.39 is 16.9 Å². The van der Waals surface area contributed by atoms with Gasteiger partial charge in [0.1, 0.15) is 6.04 Å². The van der Waals surface area contributed by atoms with Gasteiger partial charge in [0.05, 0.1) is 22.4 Å². The quantitative estimate of drug-likeness (QED) is 0.534. The predicted octanol–water partition coefficient (Wildman–Crippen LogP) is 0.383. The minimum absolute atomic E-state index is 0.0638. The van der Waals surface area contributed by atoms with E-state index in [1.807, 2.05) is 0 Å². The Labute approximate surface area is 113 Å². The van der Waals surface area contributed by atoms with Crippen LogP contribution in [0.15, 0.2) is 18.2 Å². The number of rotatable bonds is 5. The molecular formula is C11H13N5O4. The van der Waals surface area contributed by atoms with Gasteiger partial charge in [-0.2, -0.15) is 5.10 Å². The minimum Gasteiger partial charge on any atom is -0.383 e. The molecule has 9 nitrogen and oxygen atoms in total. The molecule has 0 fully saturated rings. The number of non-ortho nitro benzene ring substituents is 1. The summed E-state index contributed by atoms with van der Waals surface area (Å²) in [6.45, 7) is 0.0638. The van der Waals surface area contributed by atoms with E-state index in [0.29, 0.717) is 10.9 Å². The Morgan fingerprint density at radius 3 is 3.05 bits per heavy atom. The van der Waals surface area contributed by atoms with Crippen molar-refractivity contribution in [2.45, 2.75) is 6.04 Å². The minimum atomic E-state index is -0.842. The van der Waals surface area contributed by atoms with Crippen LogP contribution in [0, 0.1) is 10.1 Å². The van der Waals surface area contributed by atoms with Crippen LogP contribution in [0.5, 0.6) is 0 Å². The van der Waals surface area contributed by atoms with Gasteiger partial charge in [-0.3, -0.25) is 20.0 Å². The molecule has 20 heavy (non-hydrogen) atoms. The summed E-state index contributed by atoms with van der Waals surface area (Å²) < 4.78 is 4.78. The van der Waals surface area contributed by atoms with Crippen molar-refractivity contribution in [3.05, 3.63) is 28.3 Å². The first-order valence-electron chi connectivity index (χ1n) is 5.71. The number of aromatic amines is 1. The first kappa shape index (κ1) is 13.9. The average Bonchev–Trinajstić information content (AvgIpc) is 2.81. The number of nitrogens with one attached hydrogen (secondary N) is 2. The molecule has 1 aromatic carbocycles. The van der Waals surface area contributed by atoms with Gasteiger partial charge >= 0.3 is 0 Å². The van der Waals surface area contributed by atoms with E-state index in [-0.39, 0.29) is 18.1 Å². The van der Waals surface area contributed by atoms with Crippen LogP contribution in [0.2, 0.25) is 0 Å². The summed E-state index contributed by atoms with van der Waals surface area (Å²) in [6.07, 6.45) is 0. The molecule has 0 aliphatic rings. The van der Waals surface area contributed by atoms with Gasteiger partial charge in [-0.1, -0.05) is 0 Å². The van der Waals surface area contributed by atoms with E-state index in [1.54, 1.807) is 0 Å². The SMILES string of the molecule is COCC(N)C(=O)Nc1n[nH]c2ccc([N+](=O)[O-])cc12. The number of aromatic nitrogens is 2. The standard InChI is InChI=1S/C11H13N5O4/c1-20-5-8(12)11(17)13-10-7-4-6(16(18)19)2-3-9(7)14-15-10/h2-4,8H,5,12H2,1H3,(H2,13,14,15,17). The summed E-state index contributed by atoms with van der Waals surface area (Å²) in [5.41, 5.74) is 6.07. The number of hydrogen-bond acceptors (Lipinski definition) is 6. The fourth-order valence-electron chi connectivity index (χ4n) is 1.68. The molecule has 1 amide bonds. The second kappa shape index (κ2) is 5.63. The zero-order valence-electron chi connectivity index (χ0n) is 10.6. The summed E-state index contributed by atoms with van der Waals surface area (Å²) in [7, 11) is 1.43. The van der Waals surface area contributed by atoms with Crippen molar-refractivity contribution < 1.29 is 14.5 Å². The molecule has 9 heteroatoms. The normalized spacial score (nSPS) is 12.3. The van der Waals surface area contributed by atoms with Gasteiger partial charge < -0.3 is 15.8 Å². The van der Waals surface area contributed by atoms with Gasteiger partial charge in [0.2, 0.25) is 5.91 Å². The van der Waals surface area contributed by atoms with Crippen LogP contribution < -0.4 is 11.1 Å². The highest BCUT2D eigenvalue weighted by Crippen LogP contribution is 2.25. The molecule has 0 bridgehead atoms. The van der Waals surface area contributed by atoms with Gasteiger partial charge in [0.15, 0.2) is 5.82 Å². The molecule has 1 heterocycles. The van der Waals surface area contributed by atoms with E-state index >= 15 is 0 Å². The van der Waals surface area contributed by atoms with Crippen molar-refractivity contribution in [2.24, 2.45) is 5.73 Å². The van der Waals surface area contributed by atoms with Crippen LogP contribution in [0.25, 0.3) is 10.9 Å². The first-order valence-corrected chi connectivity index (χ1v) is 5.71. The van der Waals surface area contributed by atoms with Gasteiger partial charge in [0, 0.05) is 19.2 Å². The van der Waals surface area contributed by atoms with Crippen molar-refractivity contribution in [3.63, 3.8) is 0 Å². The average molecular weight is 279 g/mol. The number of nitrogens with two attached hydrogens (primary N) is 1. The number of nitro benzene ring substituents is 1. The Morgan fingerprint density at radius 1 is 1.65 bits per heavy atom. The molecule has 1 atom stereocenters. The Balaban J connectivity index is 2.28. The van der Waals surface area contributed by atoms with E-state index in [9.17, 15) is 14.9 Å².